The molecule has 0 saturated carbocycles. The second-order valence-corrected chi connectivity index (χ2v) is 7.01. The van der Waals surface area contributed by atoms with E-state index in [1.165, 1.54) is 0 Å². The van der Waals surface area contributed by atoms with Gasteiger partial charge in [-0.05, 0) is 37.5 Å². The Morgan fingerprint density at radius 2 is 2.27 bits per heavy atom. The van der Waals surface area contributed by atoms with Gasteiger partial charge in [0.25, 0.3) is 0 Å². The minimum Gasteiger partial charge on any atom is -0.423 e. The van der Waals surface area contributed by atoms with Crippen LogP contribution in [-0.2, 0) is 16.0 Å². The van der Waals surface area contributed by atoms with Crippen molar-refractivity contribution >= 4 is 41.6 Å². The van der Waals surface area contributed by atoms with Crippen LogP contribution in [0.25, 0.3) is 0 Å². The van der Waals surface area contributed by atoms with Gasteiger partial charge in [0.05, 0.1) is 19.3 Å². The van der Waals surface area contributed by atoms with Crippen molar-refractivity contribution in [2.75, 3.05) is 23.8 Å². The highest BCUT2D eigenvalue weighted by Crippen LogP contribution is 2.25. The van der Waals surface area contributed by atoms with Gasteiger partial charge in [0.2, 0.25) is 5.95 Å². The summed E-state index contributed by atoms with van der Waals surface area (Å²) in [5.74, 6) is 1.27. The Kier molecular flexibility index (Phi) is 4.99. The lowest BCUT2D eigenvalue weighted by Gasteiger charge is -2.24. The van der Waals surface area contributed by atoms with Crippen molar-refractivity contribution < 1.29 is 14.4 Å². The molecule has 136 valence electrons. The molecular formula is C17H20BClN4O3. The van der Waals surface area contributed by atoms with Crippen molar-refractivity contribution in [3.8, 4) is 0 Å². The summed E-state index contributed by atoms with van der Waals surface area (Å²) >= 11 is 6.27. The molecule has 0 unspecified atom stereocenters. The number of hydrogen-bond acceptors (Lipinski definition) is 7. The van der Waals surface area contributed by atoms with Gasteiger partial charge >= 0.3 is 7.12 Å². The van der Waals surface area contributed by atoms with Gasteiger partial charge in [-0.2, -0.15) is 4.98 Å². The maximum Gasteiger partial charge on any atom is 0.493 e. The molecule has 1 atom stereocenters. The Hall–Kier alpha value is -1.87. The molecule has 2 aromatic rings. The van der Waals surface area contributed by atoms with E-state index in [1.54, 1.807) is 12.3 Å². The Labute approximate surface area is 157 Å². The third-order valence-corrected chi connectivity index (χ3v) is 4.90. The first-order valence-corrected chi connectivity index (χ1v) is 9.05. The predicted octanol–water partition coefficient (Wildman–Crippen LogP) is 1.99. The van der Waals surface area contributed by atoms with E-state index in [1.807, 2.05) is 13.0 Å². The first-order valence-electron chi connectivity index (χ1n) is 8.67. The Morgan fingerprint density at radius 1 is 1.38 bits per heavy atom. The summed E-state index contributed by atoms with van der Waals surface area (Å²) in [5.41, 5.74) is 3.21. The van der Waals surface area contributed by atoms with Crippen molar-refractivity contribution in [3.63, 3.8) is 0 Å². The van der Waals surface area contributed by atoms with E-state index in [9.17, 15) is 5.02 Å². The van der Waals surface area contributed by atoms with Gasteiger partial charge in [-0.1, -0.05) is 11.6 Å². The van der Waals surface area contributed by atoms with E-state index in [0.29, 0.717) is 29.6 Å². The van der Waals surface area contributed by atoms with E-state index < -0.39 is 7.12 Å². The fourth-order valence-corrected chi connectivity index (χ4v) is 3.55. The average Bonchev–Trinajstić information content (AvgIpc) is 3.00. The molecule has 26 heavy (non-hydrogen) atoms. The SMILES string of the molecule is Cc1cnc(Nc2cc(Cl)c3c(c2)COB3O)nc1N[C@@H]1CCCOC1. The van der Waals surface area contributed by atoms with Gasteiger partial charge in [0.1, 0.15) is 5.82 Å². The fourth-order valence-electron chi connectivity index (χ4n) is 3.22. The molecule has 4 rings (SSSR count). The van der Waals surface area contributed by atoms with E-state index in [4.69, 9.17) is 21.0 Å². The van der Waals surface area contributed by atoms with Crippen molar-refractivity contribution in [2.24, 2.45) is 0 Å². The molecule has 0 amide bonds. The molecule has 2 aliphatic rings. The number of benzene rings is 1. The highest BCUT2D eigenvalue weighted by molar-refractivity contribution is 6.65. The molecule has 0 bridgehead atoms. The normalized spacial score (nSPS) is 19.3. The molecule has 3 heterocycles. The molecule has 1 fully saturated rings. The molecule has 9 heteroatoms. The molecule has 1 saturated heterocycles. The predicted molar refractivity (Wildman–Crippen MR) is 101 cm³/mol. The van der Waals surface area contributed by atoms with Crippen LogP contribution >= 0.6 is 11.6 Å². The number of aromatic nitrogens is 2. The van der Waals surface area contributed by atoms with Crippen LogP contribution in [0.15, 0.2) is 18.3 Å². The van der Waals surface area contributed by atoms with Crippen molar-refractivity contribution in [3.05, 3.63) is 34.5 Å². The summed E-state index contributed by atoms with van der Waals surface area (Å²) in [5, 5.41) is 16.9. The number of aryl methyl sites for hydroxylation is 1. The van der Waals surface area contributed by atoms with Crippen LogP contribution in [0.5, 0.6) is 0 Å². The van der Waals surface area contributed by atoms with E-state index in [2.05, 4.69) is 20.6 Å². The van der Waals surface area contributed by atoms with Crippen molar-refractivity contribution in [1.29, 1.82) is 0 Å². The zero-order valence-corrected chi connectivity index (χ0v) is 15.2. The number of rotatable bonds is 4. The summed E-state index contributed by atoms with van der Waals surface area (Å²) in [6, 6.07) is 3.89. The first-order chi connectivity index (χ1) is 12.6. The zero-order valence-electron chi connectivity index (χ0n) is 14.5. The number of fused-ring (bicyclic) bond motifs is 1. The molecule has 1 aromatic carbocycles. The topological polar surface area (TPSA) is 88.5 Å². The highest BCUT2D eigenvalue weighted by atomic mass is 35.5. The minimum absolute atomic E-state index is 0.262. The Morgan fingerprint density at radius 3 is 3.08 bits per heavy atom. The summed E-state index contributed by atoms with van der Waals surface area (Å²) in [6.45, 7) is 3.82. The number of nitrogens with zero attached hydrogens (tertiary/aromatic N) is 2. The fraction of sp³-hybridized carbons (Fsp3) is 0.412. The molecule has 0 spiro atoms. The Balaban J connectivity index is 1.53. The molecule has 7 nitrogen and oxygen atoms in total. The van der Waals surface area contributed by atoms with Crippen molar-refractivity contribution in [1.82, 2.24) is 9.97 Å². The zero-order chi connectivity index (χ0) is 18.1. The van der Waals surface area contributed by atoms with Gasteiger partial charge < -0.3 is 25.0 Å². The second kappa shape index (κ2) is 7.40. The van der Waals surface area contributed by atoms with Crippen LogP contribution in [0.3, 0.4) is 0 Å². The largest absolute Gasteiger partial charge is 0.493 e. The summed E-state index contributed by atoms with van der Waals surface area (Å²) in [7, 11) is -0.962. The van der Waals surface area contributed by atoms with Crippen LogP contribution in [-0.4, -0.2) is 41.4 Å². The highest BCUT2D eigenvalue weighted by Gasteiger charge is 2.30. The number of halogens is 1. The van der Waals surface area contributed by atoms with Crippen LogP contribution in [0, 0.1) is 6.92 Å². The lowest BCUT2D eigenvalue weighted by molar-refractivity contribution is 0.0875. The Bertz CT molecular complexity index is 817. The number of hydrogen-bond donors (Lipinski definition) is 3. The maximum atomic E-state index is 9.80. The number of ether oxygens (including phenoxy) is 1. The number of nitrogens with one attached hydrogen (secondary N) is 2. The molecular weight excluding hydrogens is 354 g/mol. The molecule has 3 N–H and O–H groups in total. The smallest absolute Gasteiger partial charge is 0.423 e. The molecule has 0 radical (unpaired) electrons. The van der Waals surface area contributed by atoms with Gasteiger partial charge in [-0.15, -0.1) is 0 Å². The van der Waals surface area contributed by atoms with Gasteiger partial charge in [-0.3, -0.25) is 0 Å². The lowest BCUT2D eigenvalue weighted by atomic mass is 9.79. The number of anilines is 3. The lowest BCUT2D eigenvalue weighted by Crippen LogP contribution is -2.30. The first kappa shape index (κ1) is 17.5. The van der Waals surface area contributed by atoms with Crippen molar-refractivity contribution in [2.45, 2.75) is 32.4 Å². The van der Waals surface area contributed by atoms with E-state index in [0.717, 1.165) is 42.1 Å². The van der Waals surface area contributed by atoms with Crippen LogP contribution < -0.4 is 16.1 Å². The van der Waals surface area contributed by atoms with E-state index in [-0.39, 0.29) is 6.04 Å². The summed E-state index contributed by atoms with van der Waals surface area (Å²) in [4.78, 5) is 8.94. The average molecular weight is 375 g/mol. The quantitative estimate of drug-likeness (QED) is 0.705. The third-order valence-electron chi connectivity index (χ3n) is 4.59. The van der Waals surface area contributed by atoms with Crippen LogP contribution in [0.1, 0.15) is 24.0 Å². The van der Waals surface area contributed by atoms with Gasteiger partial charge in [-0.25, -0.2) is 4.98 Å². The van der Waals surface area contributed by atoms with Gasteiger partial charge in [0.15, 0.2) is 0 Å². The maximum absolute atomic E-state index is 9.80. The standard InChI is InChI=1S/C17H20BClN4O3/c1-10-7-20-17(23-16(10)21-12-3-2-4-25-9-12)22-13-5-11-8-26-18(24)15(11)14(19)6-13/h5-7,12,24H,2-4,8-9H2,1H3,(H2,20,21,22,23)/t12-/m1/s1. The third kappa shape index (κ3) is 3.64. The van der Waals surface area contributed by atoms with Crippen LogP contribution in [0.2, 0.25) is 5.02 Å². The molecule has 0 aliphatic carbocycles. The van der Waals surface area contributed by atoms with Gasteiger partial charge in [0, 0.05) is 34.5 Å². The monoisotopic (exact) mass is 374 g/mol. The van der Waals surface area contributed by atoms with Crippen LogP contribution in [0.4, 0.5) is 17.5 Å². The summed E-state index contributed by atoms with van der Waals surface area (Å²) < 4.78 is 10.7. The van der Waals surface area contributed by atoms with E-state index >= 15 is 0 Å². The molecule has 2 aliphatic heterocycles. The molecule has 1 aromatic heterocycles. The minimum atomic E-state index is -0.962. The second-order valence-electron chi connectivity index (χ2n) is 6.60. The summed E-state index contributed by atoms with van der Waals surface area (Å²) in [6.07, 6.45) is 3.90.